The number of para-hydroxylation sites is 1. The number of hydrogen-bond donors (Lipinski definition) is 1. The monoisotopic (exact) mass is 262 g/mol. The third-order valence-corrected chi connectivity index (χ3v) is 4.14. The first-order valence-corrected chi connectivity index (χ1v) is 7.04. The summed E-state index contributed by atoms with van der Waals surface area (Å²) in [5, 5.41) is 9.55. The number of carboxylic acids is 1. The molecule has 2 unspecified atom stereocenters. The fourth-order valence-electron chi connectivity index (χ4n) is 3.07. The zero-order valence-corrected chi connectivity index (χ0v) is 11.5. The van der Waals surface area contributed by atoms with Crippen LogP contribution < -0.4 is 4.74 Å². The molecule has 0 aromatic heterocycles. The number of carboxylic acid groups (broad SMARTS) is 1. The van der Waals surface area contributed by atoms with E-state index in [1.807, 2.05) is 30.3 Å². The molecule has 1 N–H and O–H groups in total. The van der Waals surface area contributed by atoms with Gasteiger partial charge < -0.3 is 9.84 Å². The normalized spacial score (nSPS) is 26.9. The minimum Gasteiger partial charge on any atom is -0.494 e. The standard InChI is InChI=1S/C16H22O3/c1-13-6-5-9-16(12-13,15(17)18)10-11-19-14-7-3-2-4-8-14/h2-4,7-8,13H,5-6,9-12H2,1H3,(H,17,18). The van der Waals surface area contributed by atoms with E-state index in [1.54, 1.807) is 0 Å². The van der Waals surface area contributed by atoms with Crippen molar-refractivity contribution < 1.29 is 14.6 Å². The van der Waals surface area contributed by atoms with Gasteiger partial charge in [-0.15, -0.1) is 0 Å². The fourth-order valence-corrected chi connectivity index (χ4v) is 3.07. The van der Waals surface area contributed by atoms with Crippen molar-refractivity contribution in [2.75, 3.05) is 6.61 Å². The number of rotatable bonds is 5. The zero-order valence-electron chi connectivity index (χ0n) is 11.5. The Morgan fingerprint density at radius 2 is 2.16 bits per heavy atom. The van der Waals surface area contributed by atoms with Gasteiger partial charge in [-0.2, -0.15) is 0 Å². The quantitative estimate of drug-likeness (QED) is 0.879. The number of aliphatic carboxylic acids is 1. The van der Waals surface area contributed by atoms with Crippen molar-refractivity contribution in [1.82, 2.24) is 0 Å². The molecule has 0 saturated heterocycles. The number of carbonyl (C=O) groups is 1. The summed E-state index contributed by atoms with van der Waals surface area (Å²) in [5.41, 5.74) is -0.577. The lowest BCUT2D eigenvalue weighted by Crippen LogP contribution is -2.37. The maximum absolute atomic E-state index is 11.6. The van der Waals surface area contributed by atoms with Gasteiger partial charge in [-0.3, -0.25) is 4.79 Å². The van der Waals surface area contributed by atoms with Crippen LogP contribution in [0.3, 0.4) is 0 Å². The lowest BCUT2D eigenvalue weighted by molar-refractivity contribution is -0.153. The maximum atomic E-state index is 11.6. The molecule has 3 nitrogen and oxygen atoms in total. The molecule has 104 valence electrons. The molecule has 1 aliphatic rings. The molecule has 0 amide bonds. The molecular weight excluding hydrogens is 240 g/mol. The van der Waals surface area contributed by atoms with Gasteiger partial charge in [-0.1, -0.05) is 38.0 Å². The predicted octanol–water partition coefficient (Wildman–Crippen LogP) is 3.74. The molecule has 0 aliphatic heterocycles. The van der Waals surface area contributed by atoms with Crippen LogP contribution in [0.4, 0.5) is 0 Å². The van der Waals surface area contributed by atoms with E-state index < -0.39 is 11.4 Å². The molecule has 1 aromatic carbocycles. The first-order valence-electron chi connectivity index (χ1n) is 7.04. The highest BCUT2D eigenvalue weighted by molar-refractivity contribution is 5.74. The van der Waals surface area contributed by atoms with Crippen molar-refractivity contribution in [3.8, 4) is 5.75 Å². The van der Waals surface area contributed by atoms with Crippen LogP contribution in [0.1, 0.15) is 39.0 Å². The second-order valence-electron chi connectivity index (χ2n) is 5.70. The van der Waals surface area contributed by atoms with Crippen LogP contribution in [0, 0.1) is 11.3 Å². The summed E-state index contributed by atoms with van der Waals surface area (Å²) >= 11 is 0. The average molecular weight is 262 g/mol. The van der Waals surface area contributed by atoms with Gasteiger partial charge in [-0.25, -0.2) is 0 Å². The largest absolute Gasteiger partial charge is 0.494 e. The second kappa shape index (κ2) is 6.09. The van der Waals surface area contributed by atoms with Crippen molar-refractivity contribution in [2.24, 2.45) is 11.3 Å². The van der Waals surface area contributed by atoms with Gasteiger partial charge in [0.1, 0.15) is 5.75 Å². The first kappa shape index (κ1) is 13.9. The number of benzene rings is 1. The Hall–Kier alpha value is -1.51. The van der Waals surface area contributed by atoms with Gasteiger partial charge in [0.2, 0.25) is 0 Å². The third kappa shape index (κ3) is 3.49. The number of hydrogen-bond acceptors (Lipinski definition) is 2. The predicted molar refractivity (Wildman–Crippen MR) is 74.3 cm³/mol. The van der Waals surface area contributed by atoms with Crippen molar-refractivity contribution >= 4 is 5.97 Å². The van der Waals surface area contributed by atoms with Crippen LogP contribution in [0.25, 0.3) is 0 Å². The highest BCUT2D eigenvalue weighted by Gasteiger charge is 2.41. The molecule has 3 heteroatoms. The average Bonchev–Trinajstić information content (AvgIpc) is 2.40. The van der Waals surface area contributed by atoms with Crippen LogP contribution in [-0.2, 0) is 4.79 Å². The van der Waals surface area contributed by atoms with Crippen LogP contribution in [-0.4, -0.2) is 17.7 Å². The van der Waals surface area contributed by atoms with Gasteiger partial charge in [0, 0.05) is 0 Å². The van der Waals surface area contributed by atoms with E-state index in [0.29, 0.717) is 18.9 Å². The van der Waals surface area contributed by atoms with Crippen LogP contribution in [0.2, 0.25) is 0 Å². The lowest BCUT2D eigenvalue weighted by Gasteiger charge is -2.36. The molecule has 1 aliphatic carbocycles. The molecule has 0 spiro atoms. The maximum Gasteiger partial charge on any atom is 0.309 e. The van der Waals surface area contributed by atoms with Crippen molar-refractivity contribution in [2.45, 2.75) is 39.0 Å². The van der Waals surface area contributed by atoms with Gasteiger partial charge >= 0.3 is 5.97 Å². The van der Waals surface area contributed by atoms with Crippen LogP contribution in [0.15, 0.2) is 30.3 Å². The topological polar surface area (TPSA) is 46.5 Å². The first-order chi connectivity index (χ1) is 9.12. The highest BCUT2D eigenvalue weighted by atomic mass is 16.5. The van der Waals surface area contributed by atoms with E-state index in [0.717, 1.165) is 31.4 Å². The van der Waals surface area contributed by atoms with E-state index in [9.17, 15) is 9.90 Å². The Balaban J connectivity index is 1.92. The molecule has 1 saturated carbocycles. The summed E-state index contributed by atoms with van der Waals surface area (Å²) in [4.78, 5) is 11.6. The van der Waals surface area contributed by atoms with E-state index in [4.69, 9.17) is 4.74 Å². The highest BCUT2D eigenvalue weighted by Crippen LogP contribution is 2.42. The summed E-state index contributed by atoms with van der Waals surface area (Å²) in [6.07, 6.45) is 4.32. The molecule has 19 heavy (non-hydrogen) atoms. The summed E-state index contributed by atoms with van der Waals surface area (Å²) in [6.45, 7) is 2.62. The third-order valence-electron chi connectivity index (χ3n) is 4.14. The molecular formula is C16H22O3. The van der Waals surface area contributed by atoms with Crippen molar-refractivity contribution in [3.05, 3.63) is 30.3 Å². The Labute approximate surface area is 114 Å². The van der Waals surface area contributed by atoms with E-state index in [-0.39, 0.29) is 0 Å². The second-order valence-corrected chi connectivity index (χ2v) is 5.70. The van der Waals surface area contributed by atoms with Gasteiger partial charge in [0.15, 0.2) is 0 Å². The minimum atomic E-state index is -0.657. The SMILES string of the molecule is CC1CCCC(CCOc2ccccc2)(C(=O)O)C1. The smallest absolute Gasteiger partial charge is 0.309 e. The molecule has 1 fully saturated rings. The number of ether oxygens (including phenoxy) is 1. The fraction of sp³-hybridized carbons (Fsp3) is 0.562. The summed E-state index contributed by atoms with van der Waals surface area (Å²) in [7, 11) is 0. The minimum absolute atomic E-state index is 0.475. The van der Waals surface area contributed by atoms with Gasteiger partial charge in [0.25, 0.3) is 0 Å². The van der Waals surface area contributed by atoms with Crippen molar-refractivity contribution in [1.29, 1.82) is 0 Å². The molecule has 0 heterocycles. The lowest BCUT2D eigenvalue weighted by atomic mass is 9.68. The van der Waals surface area contributed by atoms with E-state index >= 15 is 0 Å². The van der Waals surface area contributed by atoms with E-state index in [1.165, 1.54) is 0 Å². The van der Waals surface area contributed by atoms with Gasteiger partial charge in [0.05, 0.1) is 12.0 Å². The Morgan fingerprint density at radius 1 is 1.42 bits per heavy atom. The molecule has 1 aromatic rings. The Kier molecular flexibility index (Phi) is 4.46. The van der Waals surface area contributed by atoms with Gasteiger partial charge in [-0.05, 0) is 37.3 Å². The summed E-state index contributed by atoms with van der Waals surface area (Å²) < 4.78 is 5.66. The summed E-state index contributed by atoms with van der Waals surface area (Å²) in [5.74, 6) is 0.657. The molecule has 0 radical (unpaired) electrons. The summed E-state index contributed by atoms with van der Waals surface area (Å²) in [6, 6.07) is 9.58. The van der Waals surface area contributed by atoms with Crippen LogP contribution >= 0.6 is 0 Å². The van der Waals surface area contributed by atoms with Crippen LogP contribution in [0.5, 0.6) is 5.75 Å². The van der Waals surface area contributed by atoms with Crippen molar-refractivity contribution in [3.63, 3.8) is 0 Å². The Bertz CT molecular complexity index is 415. The molecule has 0 bridgehead atoms. The zero-order chi connectivity index (χ0) is 13.7. The molecule has 2 atom stereocenters. The van der Waals surface area contributed by atoms with E-state index in [2.05, 4.69) is 6.92 Å². The Morgan fingerprint density at radius 3 is 2.79 bits per heavy atom. The molecule has 2 rings (SSSR count).